The number of nitrogens with zero attached hydrogens (tertiary/aromatic N) is 3. The minimum atomic E-state index is -0.415. The third-order valence-corrected chi connectivity index (χ3v) is 4.60. The topological polar surface area (TPSA) is 68.9 Å². The number of benzene rings is 2. The number of hydrogen-bond donors (Lipinski definition) is 1. The standard InChI is InChI=1S/C20H18F2N4O2/c21-15-5-1-13(2-6-15)18-24-25(20(28)26(18)17-9-10-17)12-11-23-19(27)14-3-7-16(22)8-4-14/h1-8,17H,9-12H2,(H,23,27). The molecule has 6 nitrogen and oxygen atoms in total. The van der Waals surface area contributed by atoms with E-state index in [2.05, 4.69) is 10.4 Å². The first-order valence-electron chi connectivity index (χ1n) is 9.02. The first kappa shape index (κ1) is 18.1. The van der Waals surface area contributed by atoms with Gasteiger partial charge in [-0.3, -0.25) is 9.36 Å². The number of carbonyl (C=O) groups is 1. The van der Waals surface area contributed by atoms with Crippen LogP contribution in [-0.4, -0.2) is 26.8 Å². The molecule has 0 unspecified atom stereocenters. The van der Waals surface area contributed by atoms with E-state index in [9.17, 15) is 18.4 Å². The van der Waals surface area contributed by atoms with Crippen molar-refractivity contribution < 1.29 is 13.6 Å². The zero-order valence-electron chi connectivity index (χ0n) is 14.9. The van der Waals surface area contributed by atoms with E-state index in [1.807, 2.05) is 0 Å². The first-order chi connectivity index (χ1) is 13.5. The Morgan fingerprint density at radius 2 is 1.64 bits per heavy atom. The van der Waals surface area contributed by atoms with Gasteiger partial charge in [0.1, 0.15) is 11.6 Å². The van der Waals surface area contributed by atoms with Crippen LogP contribution < -0.4 is 11.0 Å². The van der Waals surface area contributed by atoms with E-state index >= 15 is 0 Å². The summed E-state index contributed by atoms with van der Waals surface area (Å²) in [6, 6.07) is 11.2. The Morgan fingerprint density at radius 1 is 1.04 bits per heavy atom. The van der Waals surface area contributed by atoms with Crippen molar-refractivity contribution in [2.45, 2.75) is 25.4 Å². The number of aromatic nitrogens is 3. The van der Waals surface area contributed by atoms with Gasteiger partial charge in [-0.25, -0.2) is 18.3 Å². The Bertz CT molecular complexity index is 1050. The molecule has 1 amide bonds. The van der Waals surface area contributed by atoms with Crippen molar-refractivity contribution in [2.75, 3.05) is 6.54 Å². The molecule has 1 aromatic heterocycles. The van der Waals surface area contributed by atoms with E-state index in [0.29, 0.717) is 17.0 Å². The average molecular weight is 384 g/mol. The number of hydrogen-bond acceptors (Lipinski definition) is 3. The van der Waals surface area contributed by atoms with Crippen LogP contribution in [0.5, 0.6) is 0 Å². The smallest absolute Gasteiger partial charge is 0.346 e. The lowest BCUT2D eigenvalue weighted by molar-refractivity contribution is 0.0951. The molecule has 1 saturated carbocycles. The molecule has 1 fully saturated rings. The lowest BCUT2D eigenvalue weighted by Crippen LogP contribution is -2.32. The average Bonchev–Trinajstić information content (AvgIpc) is 3.47. The van der Waals surface area contributed by atoms with E-state index < -0.39 is 5.82 Å². The third-order valence-electron chi connectivity index (χ3n) is 4.60. The summed E-state index contributed by atoms with van der Waals surface area (Å²) in [7, 11) is 0. The molecule has 1 aliphatic carbocycles. The molecule has 3 aromatic rings. The molecular formula is C20H18F2N4O2. The highest BCUT2D eigenvalue weighted by Crippen LogP contribution is 2.36. The maximum Gasteiger partial charge on any atom is 0.346 e. The Morgan fingerprint density at radius 3 is 2.25 bits per heavy atom. The van der Waals surface area contributed by atoms with Crippen molar-refractivity contribution in [1.29, 1.82) is 0 Å². The predicted molar refractivity (Wildman–Crippen MR) is 98.9 cm³/mol. The van der Waals surface area contributed by atoms with Gasteiger partial charge in [-0.1, -0.05) is 0 Å². The summed E-state index contributed by atoms with van der Waals surface area (Å²) in [6.07, 6.45) is 1.81. The van der Waals surface area contributed by atoms with E-state index in [-0.39, 0.29) is 36.5 Å². The predicted octanol–water partition coefficient (Wildman–Crippen LogP) is 2.75. The summed E-state index contributed by atoms with van der Waals surface area (Å²) in [4.78, 5) is 24.8. The van der Waals surface area contributed by atoms with Crippen molar-refractivity contribution in [3.8, 4) is 11.4 Å². The normalized spacial score (nSPS) is 13.5. The van der Waals surface area contributed by atoms with Crippen LogP contribution in [0.2, 0.25) is 0 Å². The Balaban J connectivity index is 1.50. The van der Waals surface area contributed by atoms with Gasteiger partial charge in [-0.15, -0.1) is 5.10 Å². The van der Waals surface area contributed by atoms with Crippen LogP contribution in [0, 0.1) is 11.6 Å². The number of amides is 1. The molecule has 0 saturated heterocycles. The fourth-order valence-electron chi connectivity index (χ4n) is 3.00. The highest BCUT2D eigenvalue weighted by molar-refractivity contribution is 5.94. The van der Waals surface area contributed by atoms with Crippen molar-refractivity contribution in [3.63, 3.8) is 0 Å². The van der Waals surface area contributed by atoms with Gasteiger partial charge < -0.3 is 5.32 Å². The number of halogens is 2. The van der Waals surface area contributed by atoms with E-state index in [0.717, 1.165) is 12.8 Å². The molecule has 1 aliphatic rings. The summed E-state index contributed by atoms with van der Waals surface area (Å²) in [5.74, 6) is -0.625. The van der Waals surface area contributed by atoms with Crippen LogP contribution in [0.4, 0.5) is 8.78 Å². The van der Waals surface area contributed by atoms with Gasteiger partial charge in [0.2, 0.25) is 0 Å². The van der Waals surface area contributed by atoms with Gasteiger partial charge in [0.05, 0.1) is 6.54 Å². The zero-order valence-corrected chi connectivity index (χ0v) is 14.9. The van der Waals surface area contributed by atoms with Gasteiger partial charge in [0.25, 0.3) is 5.91 Å². The molecule has 28 heavy (non-hydrogen) atoms. The maximum atomic E-state index is 13.2. The Kier molecular flexibility index (Phi) is 4.77. The van der Waals surface area contributed by atoms with Gasteiger partial charge in [-0.05, 0) is 61.4 Å². The highest BCUT2D eigenvalue weighted by Gasteiger charge is 2.30. The lowest BCUT2D eigenvalue weighted by atomic mass is 10.2. The Labute approximate surface area is 159 Å². The van der Waals surface area contributed by atoms with Crippen LogP contribution in [0.3, 0.4) is 0 Å². The minimum absolute atomic E-state index is 0.107. The maximum absolute atomic E-state index is 13.2. The fraction of sp³-hybridized carbons (Fsp3) is 0.250. The Hall–Kier alpha value is -3.29. The molecule has 0 radical (unpaired) electrons. The first-order valence-corrected chi connectivity index (χ1v) is 9.02. The largest absolute Gasteiger partial charge is 0.350 e. The van der Waals surface area contributed by atoms with Gasteiger partial charge in [-0.2, -0.15) is 0 Å². The minimum Gasteiger partial charge on any atom is -0.350 e. The number of nitrogens with one attached hydrogen (secondary N) is 1. The molecule has 4 rings (SSSR count). The second-order valence-corrected chi connectivity index (χ2v) is 6.70. The number of carbonyl (C=O) groups excluding carboxylic acids is 1. The van der Waals surface area contributed by atoms with E-state index in [1.165, 1.54) is 41.1 Å². The summed E-state index contributed by atoms with van der Waals surface area (Å²) >= 11 is 0. The van der Waals surface area contributed by atoms with Crippen molar-refractivity contribution in [2.24, 2.45) is 0 Å². The van der Waals surface area contributed by atoms with Crippen LogP contribution in [-0.2, 0) is 6.54 Å². The highest BCUT2D eigenvalue weighted by atomic mass is 19.1. The molecular weight excluding hydrogens is 366 g/mol. The van der Waals surface area contributed by atoms with Crippen LogP contribution in [0.1, 0.15) is 29.2 Å². The summed E-state index contributed by atoms with van der Waals surface area (Å²) in [6.45, 7) is 0.389. The molecule has 1 N–H and O–H groups in total. The molecule has 1 heterocycles. The van der Waals surface area contributed by atoms with E-state index in [4.69, 9.17) is 0 Å². The second kappa shape index (κ2) is 7.38. The third kappa shape index (κ3) is 3.71. The summed E-state index contributed by atoms with van der Waals surface area (Å²) in [5, 5.41) is 7.09. The molecule has 0 aliphatic heterocycles. The second-order valence-electron chi connectivity index (χ2n) is 6.70. The molecule has 8 heteroatoms. The molecule has 144 valence electrons. The van der Waals surface area contributed by atoms with Crippen LogP contribution in [0.25, 0.3) is 11.4 Å². The summed E-state index contributed by atoms with van der Waals surface area (Å²) in [5.41, 5.74) is 0.751. The van der Waals surface area contributed by atoms with Crippen molar-refractivity contribution in [3.05, 3.63) is 76.2 Å². The lowest BCUT2D eigenvalue weighted by Gasteiger charge is -2.04. The number of rotatable bonds is 6. The summed E-state index contributed by atoms with van der Waals surface area (Å²) < 4.78 is 29.1. The quantitative estimate of drug-likeness (QED) is 0.711. The van der Waals surface area contributed by atoms with Gasteiger partial charge in [0.15, 0.2) is 5.82 Å². The molecule has 0 atom stereocenters. The molecule has 0 spiro atoms. The van der Waals surface area contributed by atoms with Crippen LogP contribution in [0.15, 0.2) is 53.3 Å². The zero-order chi connectivity index (χ0) is 19.7. The molecule has 2 aromatic carbocycles. The molecule has 0 bridgehead atoms. The van der Waals surface area contributed by atoms with Crippen LogP contribution >= 0.6 is 0 Å². The van der Waals surface area contributed by atoms with Crippen molar-refractivity contribution in [1.82, 2.24) is 19.7 Å². The monoisotopic (exact) mass is 384 g/mol. The van der Waals surface area contributed by atoms with E-state index in [1.54, 1.807) is 16.7 Å². The SMILES string of the molecule is O=C(NCCn1nc(-c2ccc(F)cc2)n(C2CC2)c1=O)c1ccc(F)cc1. The van der Waals surface area contributed by atoms with Gasteiger partial charge >= 0.3 is 5.69 Å². The fourth-order valence-corrected chi connectivity index (χ4v) is 3.00. The van der Waals surface area contributed by atoms with Crippen molar-refractivity contribution >= 4 is 5.91 Å². The van der Waals surface area contributed by atoms with Gasteiger partial charge in [0, 0.05) is 23.7 Å².